The molecular weight excluding hydrogens is 374 g/mol. The Morgan fingerprint density at radius 2 is 2.00 bits per heavy atom. The van der Waals surface area contributed by atoms with Gasteiger partial charge in [-0.1, -0.05) is 30.3 Å². The Balaban J connectivity index is 1.32. The van der Waals surface area contributed by atoms with E-state index in [0.717, 1.165) is 37.2 Å². The minimum Gasteiger partial charge on any atom is -0.497 e. The Hall–Kier alpha value is -2.79. The van der Waals surface area contributed by atoms with Gasteiger partial charge in [0.25, 0.3) is 0 Å². The van der Waals surface area contributed by atoms with Gasteiger partial charge in [-0.3, -0.25) is 9.69 Å². The third kappa shape index (κ3) is 4.85. The quantitative estimate of drug-likeness (QED) is 0.553. The fourth-order valence-corrected chi connectivity index (χ4v) is 4.44. The molecule has 5 heteroatoms. The molecule has 0 radical (unpaired) electrons. The van der Waals surface area contributed by atoms with E-state index in [0.29, 0.717) is 13.0 Å². The molecule has 0 spiro atoms. The second kappa shape index (κ2) is 9.81. The van der Waals surface area contributed by atoms with E-state index < -0.39 is 0 Å². The number of H-pyrrole nitrogens is 1. The Morgan fingerprint density at radius 1 is 1.17 bits per heavy atom. The summed E-state index contributed by atoms with van der Waals surface area (Å²) in [5.74, 6) is 0.990. The molecule has 2 heterocycles. The van der Waals surface area contributed by atoms with Crippen molar-refractivity contribution in [2.24, 2.45) is 0 Å². The lowest BCUT2D eigenvalue weighted by molar-refractivity contribution is -0.121. The van der Waals surface area contributed by atoms with Gasteiger partial charge in [-0.25, -0.2) is 0 Å². The molecule has 3 aromatic rings. The van der Waals surface area contributed by atoms with Crippen LogP contribution in [-0.2, 0) is 11.2 Å². The molecule has 158 valence electrons. The molecule has 0 saturated carbocycles. The van der Waals surface area contributed by atoms with Crippen molar-refractivity contribution in [3.63, 3.8) is 0 Å². The third-order valence-corrected chi connectivity index (χ3v) is 6.08. The molecule has 2 N–H and O–H groups in total. The second-order valence-corrected chi connectivity index (χ2v) is 8.05. The first-order chi connectivity index (χ1) is 14.7. The molecule has 5 nitrogen and oxygen atoms in total. The number of aromatic nitrogens is 1. The third-order valence-electron chi connectivity index (χ3n) is 6.08. The summed E-state index contributed by atoms with van der Waals surface area (Å²) < 4.78 is 5.40. The van der Waals surface area contributed by atoms with Gasteiger partial charge in [-0.2, -0.15) is 0 Å². The summed E-state index contributed by atoms with van der Waals surface area (Å²) in [6.45, 7) is 2.80. The summed E-state index contributed by atoms with van der Waals surface area (Å²) in [5.41, 5.74) is 3.64. The number of rotatable bonds is 9. The van der Waals surface area contributed by atoms with Crippen LogP contribution in [0.4, 0.5) is 0 Å². The maximum Gasteiger partial charge on any atom is 0.220 e. The van der Waals surface area contributed by atoms with Crippen LogP contribution in [0.15, 0.2) is 54.7 Å². The minimum absolute atomic E-state index is 0.127. The molecule has 2 aromatic carbocycles. The van der Waals surface area contributed by atoms with E-state index in [1.54, 1.807) is 7.11 Å². The lowest BCUT2D eigenvalue weighted by Crippen LogP contribution is -2.36. The van der Waals surface area contributed by atoms with Gasteiger partial charge in [0.05, 0.1) is 13.2 Å². The van der Waals surface area contributed by atoms with E-state index in [9.17, 15) is 4.79 Å². The van der Waals surface area contributed by atoms with Crippen molar-refractivity contribution in [3.05, 3.63) is 65.9 Å². The summed E-state index contributed by atoms with van der Waals surface area (Å²) in [5, 5.41) is 4.44. The predicted octanol–water partition coefficient (Wildman–Crippen LogP) is 4.45. The molecule has 1 fully saturated rings. The van der Waals surface area contributed by atoms with Crippen molar-refractivity contribution < 1.29 is 9.53 Å². The van der Waals surface area contributed by atoms with Crippen LogP contribution in [-0.4, -0.2) is 42.5 Å². The molecule has 1 aliphatic heterocycles. The fraction of sp³-hybridized carbons (Fsp3) is 0.400. The van der Waals surface area contributed by atoms with Crippen LogP contribution in [0.25, 0.3) is 10.9 Å². The topological polar surface area (TPSA) is 57.4 Å². The highest BCUT2D eigenvalue weighted by Crippen LogP contribution is 2.27. The first kappa shape index (κ1) is 20.5. The van der Waals surface area contributed by atoms with E-state index in [1.807, 2.05) is 18.2 Å². The van der Waals surface area contributed by atoms with E-state index in [-0.39, 0.29) is 11.9 Å². The van der Waals surface area contributed by atoms with Gasteiger partial charge in [0.2, 0.25) is 5.91 Å². The number of hydrogen-bond donors (Lipinski definition) is 2. The van der Waals surface area contributed by atoms with Crippen LogP contribution in [0, 0.1) is 0 Å². The van der Waals surface area contributed by atoms with Gasteiger partial charge >= 0.3 is 0 Å². The van der Waals surface area contributed by atoms with Gasteiger partial charge in [0.15, 0.2) is 0 Å². The summed E-state index contributed by atoms with van der Waals surface area (Å²) in [6.07, 6.45) is 6.81. The lowest BCUT2D eigenvalue weighted by Gasteiger charge is -2.28. The number of para-hydroxylation sites is 1. The number of fused-ring (bicyclic) bond motifs is 1. The molecule has 0 aliphatic carbocycles. The molecule has 30 heavy (non-hydrogen) atoms. The summed E-state index contributed by atoms with van der Waals surface area (Å²) >= 11 is 0. The Kier molecular flexibility index (Phi) is 6.70. The maximum atomic E-state index is 12.5. The van der Waals surface area contributed by atoms with Crippen molar-refractivity contribution in [1.29, 1.82) is 0 Å². The van der Waals surface area contributed by atoms with E-state index in [2.05, 4.69) is 51.7 Å². The number of nitrogens with one attached hydrogen (secondary N) is 2. The van der Waals surface area contributed by atoms with Gasteiger partial charge < -0.3 is 15.0 Å². The summed E-state index contributed by atoms with van der Waals surface area (Å²) in [7, 11) is 1.69. The van der Waals surface area contributed by atoms with Crippen LogP contribution < -0.4 is 10.1 Å². The van der Waals surface area contributed by atoms with Crippen molar-refractivity contribution in [1.82, 2.24) is 15.2 Å². The standard InChI is InChI=1S/C25H31N3O2/c1-30-21-10-6-8-19(16-21)24(28-14-4-5-15-28)18-27-25(29)13-7-9-20-17-26-23-12-3-2-11-22(20)23/h2-3,6,8,10-12,16-17,24,26H,4-5,7,9,13-15,18H2,1H3,(H,27,29). The van der Waals surface area contributed by atoms with Crippen LogP contribution in [0.1, 0.15) is 42.9 Å². The van der Waals surface area contributed by atoms with E-state index in [1.165, 1.54) is 29.4 Å². The van der Waals surface area contributed by atoms with Crippen LogP contribution >= 0.6 is 0 Å². The van der Waals surface area contributed by atoms with Crippen LogP contribution in [0.3, 0.4) is 0 Å². The number of carbonyl (C=O) groups excluding carboxylic acids is 1. The SMILES string of the molecule is COc1cccc(C(CNC(=O)CCCc2c[nH]c3ccccc23)N2CCCC2)c1. The highest BCUT2D eigenvalue weighted by molar-refractivity contribution is 5.83. The molecule has 0 bridgehead atoms. The van der Waals surface area contributed by atoms with Gasteiger partial charge in [-0.05, 0) is 68.1 Å². The monoisotopic (exact) mass is 405 g/mol. The number of amides is 1. The molecule has 1 atom stereocenters. The minimum atomic E-state index is 0.127. The van der Waals surface area contributed by atoms with Crippen molar-refractivity contribution in [3.8, 4) is 5.75 Å². The number of aromatic amines is 1. The zero-order valence-electron chi connectivity index (χ0n) is 17.7. The number of likely N-dealkylation sites (tertiary alicyclic amines) is 1. The van der Waals surface area contributed by atoms with E-state index >= 15 is 0 Å². The number of benzene rings is 2. The highest BCUT2D eigenvalue weighted by Gasteiger charge is 2.24. The van der Waals surface area contributed by atoms with Crippen molar-refractivity contribution in [2.45, 2.75) is 38.1 Å². The normalized spacial score (nSPS) is 15.4. The number of nitrogens with zero attached hydrogens (tertiary/aromatic N) is 1. The molecule has 4 rings (SSSR count). The highest BCUT2D eigenvalue weighted by atomic mass is 16.5. The average Bonchev–Trinajstić information content (AvgIpc) is 3.45. The Morgan fingerprint density at radius 3 is 2.83 bits per heavy atom. The predicted molar refractivity (Wildman–Crippen MR) is 121 cm³/mol. The van der Waals surface area contributed by atoms with Gasteiger partial charge in [0.1, 0.15) is 5.75 Å². The largest absolute Gasteiger partial charge is 0.497 e. The number of hydrogen-bond acceptors (Lipinski definition) is 3. The fourth-order valence-electron chi connectivity index (χ4n) is 4.44. The molecule has 1 saturated heterocycles. The first-order valence-electron chi connectivity index (χ1n) is 10.9. The average molecular weight is 406 g/mol. The molecule has 1 amide bonds. The zero-order valence-corrected chi connectivity index (χ0v) is 17.7. The molecular formula is C25H31N3O2. The second-order valence-electron chi connectivity index (χ2n) is 8.05. The van der Waals surface area contributed by atoms with E-state index in [4.69, 9.17) is 4.74 Å². The number of ether oxygens (including phenoxy) is 1. The molecule has 1 aromatic heterocycles. The molecule has 1 aliphatic rings. The van der Waals surface area contributed by atoms with Crippen molar-refractivity contribution in [2.75, 3.05) is 26.7 Å². The van der Waals surface area contributed by atoms with Gasteiger partial charge in [0, 0.05) is 30.1 Å². The van der Waals surface area contributed by atoms with Crippen LogP contribution in [0.2, 0.25) is 0 Å². The first-order valence-corrected chi connectivity index (χ1v) is 10.9. The zero-order chi connectivity index (χ0) is 20.8. The number of methoxy groups -OCH3 is 1. The maximum absolute atomic E-state index is 12.5. The molecule has 1 unspecified atom stereocenters. The summed E-state index contributed by atoms with van der Waals surface area (Å²) in [6, 6.07) is 16.7. The number of aryl methyl sites for hydroxylation is 1. The Bertz CT molecular complexity index is 975. The number of carbonyl (C=O) groups is 1. The lowest BCUT2D eigenvalue weighted by atomic mass is 10.0. The Labute approximate surface area is 178 Å². The van der Waals surface area contributed by atoms with Crippen molar-refractivity contribution >= 4 is 16.8 Å². The smallest absolute Gasteiger partial charge is 0.220 e. The van der Waals surface area contributed by atoms with Crippen LogP contribution in [0.5, 0.6) is 5.75 Å². The van der Waals surface area contributed by atoms with Gasteiger partial charge in [-0.15, -0.1) is 0 Å². The summed E-state index contributed by atoms with van der Waals surface area (Å²) in [4.78, 5) is 18.3.